The van der Waals surface area contributed by atoms with E-state index in [1.165, 1.54) is 24.3 Å². The van der Waals surface area contributed by atoms with Crippen LogP contribution in [-0.2, 0) is 27.8 Å². The zero-order valence-corrected chi connectivity index (χ0v) is 14.1. The zero-order chi connectivity index (χ0) is 18.0. The Labute approximate surface area is 144 Å². The van der Waals surface area contributed by atoms with E-state index in [0.29, 0.717) is 12.2 Å². The molecular weight excluding hydrogens is 347 g/mol. The quantitative estimate of drug-likeness (QED) is 0.855. The highest BCUT2D eigenvalue weighted by Crippen LogP contribution is 2.28. The van der Waals surface area contributed by atoms with Gasteiger partial charge in [-0.25, -0.2) is 17.9 Å². The van der Waals surface area contributed by atoms with Crippen LogP contribution in [-0.4, -0.2) is 20.9 Å². The molecule has 8 heteroatoms. The van der Waals surface area contributed by atoms with Crippen molar-refractivity contribution in [2.24, 2.45) is 11.1 Å². The van der Waals surface area contributed by atoms with Crippen molar-refractivity contribution in [1.82, 2.24) is 5.32 Å². The second-order valence-corrected chi connectivity index (χ2v) is 7.43. The fraction of sp³-hybridized carbons (Fsp3) is 0.235. The van der Waals surface area contributed by atoms with E-state index in [1.807, 2.05) is 0 Å². The van der Waals surface area contributed by atoms with Gasteiger partial charge >= 0.3 is 0 Å². The predicted octanol–water partition coefficient (Wildman–Crippen LogP) is 1.34. The molecule has 0 spiro atoms. The number of nitrogens with two attached hydrogens (primary N) is 1. The van der Waals surface area contributed by atoms with Crippen LogP contribution in [0.5, 0.6) is 5.75 Å². The van der Waals surface area contributed by atoms with Crippen molar-refractivity contribution in [3.63, 3.8) is 0 Å². The Morgan fingerprint density at radius 3 is 2.64 bits per heavy atom. The van der Waals surface area contributed by atoms with Crippen LogP contribution in [0.15, 0.2) is 47.4 Å². The van der Waals surface area contributed by atoms with Gasteiger partial charge in [-0.05, 0) is 35.7 Å². The third-order valence-electron chi connectivity index (χ3n) is 4.02. The number of ether oxygens (including phenoxy) is 1. The summed E-state index contributed by atoms with van der Waals surface area (Å²) in [6, 6.07) is 10.3. The molecule has 2 aromatic carbocycles. The Balaban J connectivity index is 1.59. The first-order chi connectivity index (χ1) is 11.8. The number of hydrogen-bond acceptors (Lipinski definition) is 4. The second-order valence-electron chi connectivity index (χ2n) is 5.87. The van der Waals surface area contributed by atoms with Gasteiger partial charge in [0, 0.05) is 12.6 Å². The van der Waals surface area contributed by atoms with Crippen LogP contribution in [0.25, 0.3) is 0 Å². The summed E-state index contributed by atoms with van der Waals surface area (Å²) in [5.74, 6) is -0.431. The molecule has 0 fully saturated rings. The molecule has 3 N–H and O–H groups in total. The summed E-state index contributed by atoms with van der Waals surface area (Å²) in [5, 5.41) is 7.84. The molecule has 1 aliphatic heterocycles. The highest BCUT2D eigenvalue weighted by atomic mass is 32.2. The maximum absolute atomic E-state index is 13.2. The minimum absolute atomic E-state index is 0.0205. The number of carbonyl (C=O) groups is 1. The third kappa shape index (κ3) is 4.15. The first-order valence-electron chi connectivity index (χ1n) is 7.63. The lowest BCUT2D eigenvalue weighted by molar-refractivity contribution is -0.126. The molecule has 0 bridgehead atoms. The molecule has 6 nitrogen and oxygen atoms in total. The monoisotopic (exact) mass is 364 g/mol. The summed E-state index contributed by atoms with van der Waals surface area (Å²) in [6.07, 6.45) is 0.478. The first-order valence-corrected chi connectivity index (χ1v) is 9.18. The summed E-state index contributed by atoms with van der Waals surface area (Å²) < 4.78 is 41.0. The van der Waals surface area contributed by atoms with E-state index in [-0.39, 0.29) is 35.7 Å². The van der Waals surface area contributed by atoms with Crippen LogP contribution in [0.2, 0.25) is 0 Å². The second kappa shape index (κ2) is 6.81. The number of hydrogen-bond donors (Lipinski definition) is 2. The predicted molar refractivity (Wildman–Crippen MR) is 88.8 cm³/mol. The van der Waals surface area contributed by atoms with Gasteiger partial charge < -0.3 is 10.1 Å². The number of sulfonamides is 1. The number of benzene rings is 2. The van der Waals surface area contributed by atoms with Gasteiger partial charge in [0.05, 0.1) is 10.8 Å². The van der Waals surface area contributed by atoms with Crippen molar-refractivity contribution in [3.05, 3.63) is 59.4 Å². The standard InChI is InChI=1S/C17H17FN2O4S/c18-14-4-3-12-7-13(10-24-16(12)8-14)17(21)20-9-11-1-5-15(6-2-11)25(19,22)23/h1-6,8,13H,7,9-10H2,(H,20,21)(H2,19,22,23). The molecule has 1 aliphatic rings. The molecule has 3 rings (SSSR count). The van der Waals surface area contributed by atoms with Crippen LogP contribution in [0, 0.1) is 11.7 Å². The molecule has 0 radical (unpaired) electrons. The minimum Gasteiger partial charge on any atom is -0.492 e. The fourth-order valence-corrected chi connectivity index (χ4v) is 3.16. The highest BCUT2D eigenvalue weighted by Gasteiger charge is 2.26. The Morgan fingerprint density at radius 2 is 1.96 bits per heavy atom. The van der Waals surface area contributed by atoms with E-state index in [4.69, 9.17) is 9.88 Å². The van der Waals surface area contributed by atoms with Crippen LogP contribution < -0.4 is 15.2 Å². The molecular formula is C17H17FN2O4S. The Morgan fingerprint density at radius 1 is 1.24 bits per heavy atom. The van der Waals surface area contributed by atoms with Crippen molar-refractivity contribution >= 4 is 15.9 Å². The summed E-state index contributed by atoms with van der Waals surface area (Å²) in [5.41, 5.74) is 1.55. The van der Waals surface area contributed by atoms with Gasteiger partial charge in [0.2, 0.25) is 15.9 Å². The van der Waals surface area contributed by atoms with Crippen molar-refractivity contribution in [2.75, 3.05) is 6.61 Å². The smallest absolute Gasteiger partial charge is 0.238 e. The SMILES string of the molecule is NS(=O)(=O)c1ccc(CNC(=O)C2COc3cc(F)ccc3C2)cc1. The number of carbonyl (C=O) groups excluding carboxylic acids is 1. The largest absolute Gasteiger partial charge is 0.492 e. The number of amides is 1. The van der Waals surface area contributed by atoms with Crippen molar-refractivity contribution in [1.29, 1.82) is 0 Å². The minimum atomic E-state index is -3.73. The van der Waals surface area contributed by atoms with Gasteiger partial charge in [-0.15, -0.1) is 0 Å². The lowest BCUT2D eigenvalue weighted by atomic mass is 9.96. The number of halogens is 1. The average molecular weight is 364 g/mol. The Kier molecular flexibility index (Phi) is 4.73. The topological polar surface area (TPSA) is 98.5 Å². The van der Waals surface area contributed by atoms with Crippen LogP contribution in [0.1, 0.15) is 11.1 Å². The molecule has 0 aromatic heterocycles. The van der Waals surface area contributed by atoms with Crippen LogP contribution in [0.3, 0.4) is 0 Å². The molecule has 0 saturated heterocycles. The molecule has 1 unspecified atom stereocenters. The molecule has 1 atom stereocenters. The molecule has 25 heavy (non-hydrogen) atoms. The summed E-state index contributed by atoms with van der Waals surface area (Å²) >= 11 is 0. The maximum atomic E-state index is 13.2. The number of fused-ring (bicyclic) bond motifs is 1. The van der Waals surface area contributed by atoms with E-state index in [0.717, 1.165) is 11.1 Å². The van der Waals surface area contributed by atoms with Gasteiger partial charge in [0.25, 0.3) is 0 Å². The molecule has 2 aromatic rings. The van der Waals surface area contributed by atoms with E-state index in [9.17, 15) is 17.6 Å². The summed E-state index contributed by atoms with van der Waals surface area (Å²) in [6.45, 7) is 0.448. The van der Waals surface area contributed by atoms with E-state index in [2.05, 4.69) is 5.32 Å². The van der Waals surface area contributed by atoms with Crippen LogP contribution >= 0.6 is 0 Å². The Hall–Kier alpha value is -2.45. The molecule has 0 aliphatic carbocycles. The zero-order valence-electron chi connectivity index (χ0n) is 13.2. The van der Waals surface area contributed by atoms with Gasteiger partial charge in [0.15, 0.2) is 0 Å². The highest BCUT2D eigenvalue weighted by molar-refractivity contribution is 7.89. The van der Waals surface area contributed by atoms with Gasteiger partial charge in [-0.1, -0.05) is 18.2 Å². The normalized spacial score (nSPS) is 16.6. The van der Waals surface area contributed by atoms with E-state index in [1.54, 1.807) is 18.2 Å². The van der Waals surface area contributed by atoms with Gasteiger partial charge in [-0.2, -0.15) is 0 Å². The van der Waals surface area contributed by atoms with Crippen molar-refractivity contribution < 1.29 is 22.3 Å². The fourth-order valence-electron chi connectivity index (χ4n) is 2.65. The van der Waals surface area contributed by atoms with Crippen molar-refractivity contribution in [2.45, 2.75) is 17.9 Å². The molecule has 0 saturated carbocycles. The Bertz CT molecular complexity index is 897. The third-order valence-corrected chi connectivity index (χ3v) is 4.95. The summed E-state index contributed by atoms with van der Waals surface area (Å²) in [7, 11) is -3.73. The number of primary sulfonamides is 1. The average Bonchev–Trinajstić information content (AvgIpc) is 2.58. The van der Waals surface area contributed by atoms with E-state index < -0.39 is 10.0 Å². The lowest BCUT2D eigenvalue weighted by Crippen LogP contribution is -2.37. The molecule has 1 amide bonds. The number of nitrogens with one attached hydrogen (secondary N) is 1. The van der Waals surface area contributed by atoms with E-state index >= 15 is 0 Å². The molecule has 1 heterocycles. The van der Waals surface area contributed by atoms with Crippen molar-refractivity contribution in [3.8, 4) is 5.75 Å². The summed E-state index contributed by atoms with van der Waals surface area (Å²) in [4.78, 5) is 12.3. The van der Waals surface area contributed by atoms with Gasteiger partial charge in [-0.3, -0.25) is 4.79 Å². The first kappa shape index (κ1) is 17.4. The molecule has 132 valence electrons. The van der Waals surface area contributed by atoms with Crippen LogP contribution in [0.4, 0.5) is 4.39 Å². The van der Waals surface area contributed by atoms with Gasteiger partial charge in [0.1, 0.15) is 18.2 Å². The lowest BCUT2D eigenvalue weighted by Gasteiger charge is -2.24. The maximum Gasteiger partial charge on any atom is 0.238 e. The number of rotatable bonds is 4.